The minimum absolute atomic E-state index is 0.00743. The zero-order valence-electron chi connectivity index (χ0n) is 22.6. The number of Topliss-reactive ketones (excluding diaryl/α,β-unsaturated/α-hetero) is 2. The zero-order valence-corrected chi connectivity index (χ0v) is 22.6. The molecule has 0 amide bonds. The van der Waals surface area contributed by atoms with E-state index in [1.807, 2.05) is 33.8 Å². The Kier molecular flexibility index (Phi) is 10.5. The number of esters is 1. The summed E-state index contributed by atoms with van der Waals surface area (Å²) in [4.78, 5) is 41.1. The van der Waals surface area contributed by atoms with E-state index in [2.05, 4.69) is 46.8 Å². The van der Waals surface area contributed by atoms with Gasteiger partial charge in [-0.2, -0.15) is 0 Å². The number of ether oxygens (including phenoxy) is 1. The average Bonchev–Trinajstić information content (AvgIpc) is 2.71. The maximum atomic E-state index is 14.2. The minimum Gasteiger partial charge on any atom is -0.468 e. The number of rotatable bonds is 10. The van der Waals surface area contributed by atoms with Crippen molar-refractivity contribution < 1.29 is 19.1 Å². The summed E-state index contributed by atoms with van der Waals surface area (Å²) in [6.07, 6.45) is 9.24. The minimum atomic E-state index is -1.32. The van der Waals surface area contributed by atoms with Crippen LogP contribution >= 0.6 is 0 Å². The van der Waals surface area contributed by atoms with Crippen molar-refractivity contribution in [3.63, 3.8) is 0 Å². The average molecular weight is 459 g/mol. The zero-order chi connectivity index (χ0) is 25.6. The summed E-state index contributed by atoms with van der Waals surface area (Å²) in [5, 5.41) is 0. The molecule has 0 spiro atoms. The quantitative estimate of drug-likeness (QED) is 0.200. The second-order valence-corrected chi connectivity index (χ2v) is 11.2. The maximum absolute atomic E-state index is 14.2. The van der Waals surface area contributed by atoms with Crippen LogP contribution in [0.2, 0.25) is 0 Å². The molecule has 186 valence electrons. The Morgan fingerprint density at radius 1 is 1.00 bits per heavy atom. The number of carbonyl (C=O) groups is 3. The molecule has 1 rings (SSSR count). The summed E-state index contributed by atoms with van der Waals surface area (Å²) >= 11 is 0. The van der Waals surface area contributed by atoms with Crippen LogP contribution in [0.25, 0.3) is 0 Å². The molecule has 1 unspecified atom stereocenters. The standard InChI is InChI=1S/C29H46O4/c1-19(2)12-11-16-28(9)23(14-13-20(3)4)18-29(27(32)33-10,17-15-21(5)6)26(31)24(28)25(30)22(7)8/h12-13,15,22-24H,11,14,16-18H2,1-10H3/t23?,24-,28-,29+/m1/s1. The Labute approximate surface area is 201 Å². The summed E-state index contributed by atoms with van der Waals surface area (Å²) in [5.74, 6) is -1.93. The van der Waals surface area contributed by atoms with Gasteiger partial charge in [0.15, 0.2) is 5.78 Å². The van der Waals surface area contributed by atoms with Gasteiger partial charge in [0.1, 0.15) is 11.2 Å². The molecule has 1 aliphatic rings. The molecule has 1 saturated carbocycles. The first kappa shape index (κ1) is 29.1. The maximum Gasteiger partial charge on any atom is 0.319 e. The fraction of sp³-hybridized carbons (Fsp3) is 0.690. The first-order chi connectivity index (χ1) is 15.2. The van der Waals surface area contributed by atoms with Gasteiger partial charge in [-0.1, -0.05) is 55.7 Å². The number of carbonyl (C=O) groups excluding carboxylic acids is 3. The highest BCUT2D eigenvalue weighted by atomic mass is 16.5. The van der Waals surface area contributed by atoms with Crippen LogP contribution in [-0.2, 0) is 19.1 Å². The van der Waals surface area contributed by atoms with E-state index in [0.29, 0.717) is 6.42 Å². The summed E-state index contributed by atoms with van der Waals surface area (Å²) in [6, 6.07) is 0. The fourth-order valence-corrected chi connectivity index (χ4v) is 5.13. The molecule has 0 aliphatic heterocycles. The van der Waals surface area contributed by atoms with Crippen LogP contribution in [-0.4, -0.2) is 24.6 Å². The van der Waals surface area contributed by atoms with Crippen LogP contribution in [0.15, 0.2) is 34.9 Å². The number of hydrogen-bond acceptors (Lipinski definition) is 4. The van der Waals surface area contributed by atoms with Crippen LogP contribution in [0.4, 0.5) is 0 Å². The molecule has 0 saturated heterocycles. The van der Waals surface area contributed by atoms with Gasteiger partial charge in [0.05, 0.1) is 13.0 Å². The van der Waals surface area contributed by atoms with Gasteiger partial charge in [0.2, 0.25) is 0 Å². The first-order valence-corrected chi connectivity index (χ1v) is 12.3. The van der Waals surface area contributed by atoms with Crippen molar-refractivity contribution in [3.8, 4) is 0 Å². The van der Waals surface area contributed by atoms with E-state index in [0.717, 1.165) is 24.8 Å². The highest BCUT2D eigenvalue weighted by molar-refractivity contribution is 6.14. The van der Waals surface area contributed by atoms with Gasteiger partial charge >= 0.3 is 5.97 Å². The van der Waals surface area contributed by atoms with Crippen LogP contribution in [0.5, 0.6) is 0 Å². The van der Waals surface area contributed by atoms with Gasteiger partial charge in [0, 0.05) is 5.92 Å². The number of ketones is 2. The summed E-state index contributed by atoms with van der Waals surface area (Å²) < 4.78 is 5.21. The Balaban J connectivity index is 3.79. The van der Waals surface area contributed by atoms with Crippen molar-refractivity contribution in [1.29, 1.82) is 0 Å². The van der Waals surface area contributed by atoms with Crippen molar-refractivity contribution >= 4 is 17.5 Å². The third-order valence-corrected chi connectivity index (χ3v) is 7.26. The molecule has 1 fully saturated rings. The van der Waals surface area contributed by atoms with Gasteiger partial charge < -0.3 is 4.74 Å². The second kappa shape index (κ2) is 11.9. The van der Waals surface area contributed by atoms with Crippen molar-refractivity contribution in [3.05, 3.63) is 34.9 Å². The highest BCUT2D eigenvalue weighted by Crippen LogP contribution is 2.56. The van der Waals surface area contributed by atoms with Gasteiger partial charge in [0.25, 0.3) is 0 Å². The van der Waals surface area contributed by atoms with Crippen LogP contribution in [0.3, 0.4) is 0 Å². The van der Waals surface area contributed by atoms with E-state index in [9.17, 15) is 14.4 Å². The lowest BCUT2D eigenvalue weighted by atomic mass is 9.49. The third-order valence-electron chi connectivity index (χ3n) is 7.26. The lowest BCUT2D eigenvalue weighted by Gasteiger charge is -2.52. The predicted molar refractivity (Wildman–Crippen MR) is 136 cm³/mol. The van der Waals surface area contributed by atoms with Crippen LogP contribution in [0, 0.1) is 28.6 Å². The van der Waals surface area contributed by atoms with Crippen LogP contribution in [0.1, 0.15) is 94.4 Å². The molecule has 0 N–H and O–H groups in total. The molecule has 4 atom stereocenters. The summed E-state index contributed by atoms with van der Waals surface area (Å²) in [6.45, 7) is 18.0. The van der Waals surface area contributed by atoms with E-state index in [1.54, 1.807) is 0 Å². The van der Waals surface area contributed by atoms with Crippen molar-refractivity contribution in [2.75, 3.05) is 7.11 Å². The molecule has 33 heavy (non-hydrogen) atoms. The Bertz CT molecular complexity index is 817. The molecule has 0 heterocycles. The van der Waals surface area contributed by atoms with Gasteiger partial charge in [-0.25, -0.2) is 0 Å². The van der Waals surface area contributed by atoms with Crippen LogP contribution < -0.4 is 0 Å². The van der Waals surface area contributed by atoms with Gasteiger partial charge in [-0.15, -0.1) is 0 Å². The van der Waals surface area contributed by atoms with E-state index in [1.165, 1.54) is 18.3 Å². The lowest BCUT2D eigenvalue weighted by molar-refractivity contribution is -0.172. The van der Waals surface area contributed by atoms with Crippen molar-refractivity contribution in [2.45, 2.75) is 94.4 Å². The summed E-state index contributed by atoms with van der Waals surface area (Å²) in [5.41, 5.74) is 1.60. The summed E-state index contributed by atoms with van der Waals surface area (Å²) in [7, 11) is 1.34. The molecule has 4 nitrogen and oxygen atoms in total. The Morgan fingerprint density at radius 3 is 2.00 bits per heavy atom. The van der Waals surface area contributed by atoms with E-state index in [-0.39, 0.29) is 29.8 Å². The van der Waals surface area contributed by atoms with Crippen molar-refractivity contribution in [1.82, 2.24) is 0 Å². The van der Waals surface area contributed by atoms with E-state index < -0.39 is 22.7 Å². The molecule has 0 bridgehead atoms. The Morgan fingerprint density at radius 2 is 1.55 bits per heavy atom. The Hall–Kier alpha value is -1.97. The molecule has 1 aliphatic carbocycles. The van der Waals surface area contributed by atoms with Gasteiger partial charge in [-0.3, -0.25) is 14.4 Å². The van der Waals surface area contributed by atoms with Gasteiger partial charge in [-0.05, 0) is 85.0 Å². The molecule has 0 aromatic carbocycles. The monoisotopic (exact) mass is 458 g/mol. The molecule has 0 aromatic rings. The normalized spacial score (nSPS) is 27.1. The van der Waals surface area contributed by atoms with Crippen molar-refractivity contribution in [2.24, 2.45) is 28.6 Å². The number of methoxy groups -OCH3 is 1. The number of hydrogen-bond donors (Lipinski definition) is 0. The smallest absolute Gasteiger partial charge is 0.319 e. The predicted octanol–water partition coefficient (Wildman–Crippen LogP) is 7.04. The SMILES string of the molecule is COC(=O)[C@@]1(CC=C(C)C)CC(CC=C(C)C)[C@@](C)(CCC=C(C)C)[C@H](C(=O)C(C)C)C1=O. The largest absolute Gasteiger partial charge is 0.468 e. The first-order valence-electron chi connectivity index (χ1n) is 12.3. The fourth-order valence-electron chi connectivity index (χ4n) is 5.13. The van der Waals surface area contributed by atoms with E-state index in [4.69, 9.17) is 4.74 Å². The third kappa shape index (κ3) is 6.77. The second-order valence-electron chi connectivity index (χ2n) is 11.2. The molecular formula is C29H46O4. The number of allylic oxidation sites excluding steroid dienone is 6. The highest BCUT2D eigenvalue weighted by Gasteiger charge is 2.62. The topological polar surface area (TPSA) is 60.4 Å². The lowest BCUT2D eigenvalue weighted by Crippen LogP contribution is -2.59. The molecule has 0 aromatic heterocycles. The molecular weight excluding hydrogens is 412 g/mol. The van der Waals surface area contributed by atoms with E-state index >= 15 is 0 Å². The molecule has 0 radical (unpaired) electrons. The molecule has 4 heteroatoms.